The molecule has 0 saturated heterocycles. The van der Waals surface area contributed by atoms with E-state index in [0.29, 0.717) is 35.3 Å². The number of ether oxygens (including phenoxy) is 1. The molecule has 6 rings (SSSR count). The highest BCUT2D eigenvalue weighted by Gasteiger charge is 2.46. The normalized spacial score (nSPS) is 22.0. The number of carbonyl (C=O) groups is 2. The fourth-order valence-corrected chi connectivity index (χ4v) is 6.37. The smallest absolute Gasteiger partial charge is 0.343 e. The van der Waals surface area contributed by atoms with Gasteiger partial charge >= 0.3 is 5.97 Å². The molecule has 1 unspecified atom stereocenters. The number of fused-ring (bicyclic) bond motifs is 5. The van der Waals surface area contributed by atoms with Crippen LogP contribution in [-0.2, 0) is 39.5 Å². The summed E-state index contributed by atoms with van der Waals surface area (Å²) in [6, 6.07) is 2.56. The van der Waals surface area contributed by atoms with Gasteiger partial charge in [-0.05, 0) is 55.9 Å². The predicted molar refractivity (Wildman–Crippen MR) is 135 cm³/mol. The highest BCUT2D eigenvalue weighted by atomic mass is 19.1. The highest BCUT2D eigenvalue weighted by molar-refractivity contribution is 5.94. The van der Waals surface area contributed by atoms with Gasteiger partial charge in [0.15, 0.2) is 5.60 Å². The summed E-state index contributed by atoms with van der Waals surface area (Å²) < 4.78 is 21.7. The van der Waals surface area contributed by atoms with Crippen LogP contribution in [0.3, 0.4) is 0 Å². The second kappa shape index (κ2) is 8.18. The van der Waals surface area contributed by atoms with Crippen LogP contribution in [0.15, 0.2) is 16.9 Å². The second-order valence-corrected chi connectivity index (χ2v) is 10.5. The van der Waals surface area contributed by atoms with Crippen LogP contribution in [-0.4, -0.2) is 49.7 Å². The zero-order valence-corrected chi connectivity index (χ0v) is 21.6. The summed E-state index contributed by atoms with van der Waals surface area (Å²) in [5.74, 6) is -1.64. The lowest BCUT2D eigenvalue weighted by Gasteiger charge is -2.35. The summed E-state index contributed by atoms with van der Waals surface area (Å²) >= 11 is 0. The van der Waals surface area contributed by atoms with Gasteiger partial charge in [-0.25, -0.2) is 14.2 Å². The number of hydrogen-bond acceptors (Lipinski definition) is 7. The largest absolute Gasteiger partial charge is 0.458 e. The molecule has 2 aliphatic heterocycles. The molecule has 3 aliphatic rings. The molecule has 10 heteroatoms. The van der Waals surface area contributed by atoms with Gasteiger partial charge in [0.2, 0.25) is 0 Å². The number of aryl methyl sites for hydroxylation is 1. The van der Waals surface area contributed by atoms with E-state index in [0.717, 1.165) is 22.1 Å². The van der Waals surface area contributed by atoms with Crippen LogP contribution in [0.25, 0.3) is 22.3 Å². The SMILES string of the molecule is CC[C@@]1(O)C(=O)OCc2c1cc1n(c2=O)Cc2c-1nc1cc(F)c(C)c3c1c2[C@@H](N(C)C(=O)C(C)O)CC3. The molecule has 0 spiro atoms. The molecule has 0 bridgehead atoms. The number of halogens is 1. The molecule has 38 heavy (non-hydrogen) atoms. The van der Waals surface area contributed by atoms with Gasteiger partial charge < -0.3 is 24.4 Å². The minimum absolute atomic E-state index is 0.0210. The van der Waals surface area contributed by atoms with E-state index in [2.05, 4.69) is 0 Å². The van der Waals surface area contributed by atoms with E-state index < -0.39 is 35.2 Å². The standard InChI is InChI=1S/C28H28FN3O6/c1-5-28(37)17-8-21-24-15(10-32(21)26(35)16(17)11-38-27(28)36)23-20(31(4)25(34)13(3)33)7-6-14-12(2)18(29)9-19(30-24)22(14)23/h8-9,13,20,33,37H,5-7,10-11H2,1-4H3/t13?,20-,28-/m0/s1. The quantitative estimate of drug-likeness (QED) is 0.397. The van der Waals surface area contributed by atoms with Crippen LogP contribution < -0.4 is 5.56 Å². The Kier molecular flexibility index (Phi) is 5.32. The first-order chi connectivity index (χ1) is 18.0. The maximum atomic E-state index is 15.0. The van der Waals surface area contributed by atoms with Gasteiger partial charge in [-0.2, -0.15) is 0 Å². The van der Waals surface area contributed by atoms with Crippen molar-refractivity contribution in [3.05, 3.63) is 61.7 Å². The van der Waals surface area contributed by atoms with Crippen LogP contribution in [0.1, 0.15) is 66.1 Å². The molecule has 3 atom stereocenters. The molecule has 1 aliphatic carbocycles. The van der Waals surface area contributed by atoms with Crippen LogP contribution in [0, 0.1) is 12.7 Å². The average molecular weight is 522 g/mol. The van der Waals surface area contributed by atoms with Crippen LogP contribution in [0.4, 0.5) is 4.39 Å². The molecule has 198 valence electrons. The Balaban J connectivity index is 1.67. The number of aliphatic hydroxyl groups is 2. The van der Waals surface area contributed by atoms with Crippen molar-refractivity contribution in [3.8, 4) is 11.4 Å². The summed E-state index contributed by atoms with van der Waals surface area (Å²) in [4.78, 5) is 45.3. The zero-order valence-electron chi connectivity index (χ0n) is 21.6. The first-order valence-electron chi connectivity index (χ1n) is 12.8. The van der Waals surface area contributed by atoms with Gasteiger partial charge in [-0.3, -0.25) is 9.59 Å². The molecule has 2 N–H and O–H groups in total. The average Bonchev–Trinajstić information content (AvgIpc) is 3.27. The third kappa shape index (κ3) is 3.10. The lowest BCUT2D eigenvalue weighted by molar-refractivity contribution is -0.172. The van der Waals surface area contributed by atoms with E-state index in [9.17, 15) is 29.0 Å². The minimum atomic E-state index is -1.96. The molecule has 1 aromatic carbocycles. The molecule has 0 saturated carbocycles. The van der Waals surface area contributed by atoms with E-state index in [4.69, 9.17) is 9.72 Å². The number of aromatic nitrogens is 2. The monoisotopic (exact) mass is 521 g/mol. The molecule has 1 amide bonds. The number of carbonyl (C=O) groups excluding carboxylic acids is 2. The van der Waals surface area contributed by atoms with Gasteiger partial charge in [0, 0.05) is 29.6 Å². The van der Waals surface area contributed by atoms with Crippen molar-refractivity contribution >= 4 is 22.8 Å². The first kappa shape index (κ1) is 24.7. The third-order valence-corrected chi connectivity index (χ3v) is 8.52. The number of likely N-dealkylation sites (N-methyl/N-ethyl adjacent to an activating group) is 1. The van der Waals surface area contributed by atoms with E-state index in [1.165, 1.54) is 22.5 Å². The Morgan fingerprint density at radius 3 is 2.74 bits per heavy atom. The maximum absolute atomic E-state index is 15.0. The molecule has 2 aromatic heterocycles. The van der Waals surface area contributed by atoms with E-state index >= 15 is 0 Å². The molecule has 9 nitrogen and oxygen atoms in total. The van der Waals surface area contributed by atoms with Crippen molar-refractivity contribution in [1.82, 2.24) is 14.5 Å². The maximum Gasteiger partial charge on any atom is 0.343 e. The predicted octanol–water partition coefficient (Wildman–Crippen LogP) is 2.35. The van der Waals surface area contributed by atoms with Crippen molar-refractivity contribution in [2.24, 2.45) is 0 Å². The topological polar surface area (TPSA) is 122 Å². The van der Waals surface area contributed by atoms with Crippen LogP contribution >= 0.6 is 0 Å². The van der Waals surface area contributed by atoms with Crippen LogP contribution in [0.5, 0.6) is 0 Å². The Morgan fingerprint density at radius 1 is 1.32 bits per heavy atom. The van der Waals surface area contributed by atoms with Crippen molar-refractivity contribution in [1.29, 1.82) is 0 Å². The van der Waals surface area contributed by atoms with Crippen molar-refractivity contribution in [2.45, 2.75) is 70.9 Å². The molecule has 0 fully saturated rings. The van der Waals surface area contributed by atoms with E-state index in [1.807, 2.05) is 0 Å². The molecule has 0 radical (unpaired) electrons. The summed E-state index contributed by atoms with van der Waals surface area (Å²) in [6.07, 6.45) is -0.137. The van der Waals surface area contributed by atoms with E-state index in [-0.39, 0.29) is 36.5 Å². The minimum Gasteiger partial charge on any atom is -0.458 e. The van der Waals surface area contributed by atoms with Crippen molar-refractivity contribution in [2.75, 3.05) is 7.05 Å². The number of hydrogen-bond donors (Lipinski definition) is 2. The number of aliphatic hydroxyl groups excluding tert-OH is 1. The summed E-state index contributed by atoms with van der Waals surface area (Å²) in [7, 11) is 1.64. The summed E-state index contributed by atoms with van der Waals surface area (Å²) in [5, 5.41) is 21.9. The second-order valence-electron chi connectivity index (χ2n) is 10.5. The summed E-state index contributed by atoms with van der Waals surface area (Å²) in [5.41, 5.74) is 2.18. The molecular weight excluding hydrogens is 493 g/mol. The summed E-state index contributed by atoms with van der Waals surface area (Å²) in [6.45, 7) is 4.70. The lowest BCUT2D eigenvalue weighted by Crippen LogP contribution is -2.44. The molecule has 4 heterocycles. The van der Waals surface area contributed by atoms with Crippen molar-refractivity contribution < 1.29 is 28.9 Å². The Labute approximate surface area is 217 Å². The van der Waals surface area contributed by atoms with Gasteiger partial charge in [0.05, 0.1) is 35.1 Å². The molecular formula is C28H28FN3O6. The fourth-order valence-electron chi connectivity index (χ4n) is 6.37. The van der Waals surface area contributed by atoms with Gasteiger partial charge in [0.25, 0.3) is 11.5 Å². The Bertz CT molecular complexity index is 1640. The van der Waals surface area contributed by atoms with Gasteiger partial charge in [-0.1, -0.05) is 6.92 Å². The first-order valence-corrected chi connectivity index (χ1v) is 12.8. The fraction of sp³-hybridized carbons (Fsp3) is 0.429. The van der Waals surface area contributed by atoms with Crippen LogP contribution in [0.2, 0.25) is 0 Å². The molecule has 3 aromatic rings. The number of esters is 1. The number of rotatable bonds is 3. The van der Waals surface area contributed by atoms with E-state index in [1.54, 1.807) is 27.0 Å². The zero-order chi connectivity index (χ0) is 27.3. The van der Waals surface area contributed by atoms with Crippen molar-refractivity contribution in [3.63, 3.8) is 0 Å². The lowest BCUT2D eigenvalue weighted by atomic mass is 9.81. The number of pyridine rings is 2. The Morgan fingerprint density at radius 2 is 2.05 bits per heavy atom. The third-order valence-electron chi connectivity index (χ3n) is 8.52. The number of amides is 1. The van der Waals surface area contributed by atoms with Gasteiger partial charge in [0.1, 0.15) is 18.5 Å². The number of benzene rings is 1. The number of nitrogens with zero attached hydrogens (tertiary/aromatic N) is 3. The van der Waals surface area contributed by atoms with Gasteiger partial charge in [-0.15, -0.1) is 0 Å². The Hall–Kier alpha value is -3.63. The number of cyclic esters (lactones) is 1. The highest BCUT2D eigenvalue weighted by Crippen LogP contribution is 2.47.